The molecular weight excluding hydrogens is 304 g/mol. The van der Waals surface area contributed by atoms with Gasteiger partial charge in [-0.2, -0.15) is 0 Å². The topological polar surface area (TPSA) is 49.5 Å². The Morgan fingerprint density at radius 2 is 1.95 bits per heavy atom. The van der Waals surface area contributed by atoms with Gasteiger partial charge in [0.1, 0.15) is 0 Å². The monoisotopic (exact) mass is 328 g/mol. The molecular formula is C15H25BrN2O. The van der Waals surface area contributed by atoms with Gasteiger partial charge in [-0.1, -0.05) is 48.0 Å². The van der Waals surface area contributed by atoms with Crippen LogP contribution in [0.15, 0.2) is 28.7 Å². The van der Waals surface area contributed by atoms with Crippen molar-refractivity contribution in [3.63, 3.8) is 0 Å². The van der Waals surface area contributed by atoms with Crippen molar-refractivity contribution in [2.75, 3.05) is 19.7 Å². The third kappa shape index (κ3) is 4.56. The highest BCUT2D eigenvalue weighted by Gasteiger charge is 2.26. The smallest absolute Gasteiger partial charge is 0.0558 e. The van der Waals surface area contributed by atoms with Gasteiger partial charge in [0.25, 0.3) is 0 Å². The molecule has 2 atom stereocenters. The van der Waals surface area contributed by atoms with E-state index in [0.29, 0.717) is 6.54 Å². The Labute approximate surface area is 124 Å². The number of aliphatic hydroxyl groups excluding tert-OH is 1. The molecule has 3 nitrogen and oxygen atoms in total. The summed E-state index contributed by atoms with van der Waals surface area (Å²) in [6.07, 6.45) is 1.97. The first-order valence-electron chi connectivity index (χ1n) is 7.00. The van der Waals surface area contributed by atoms with Crippen molar-refractivity contribution in [2.24, 2.45) is 5.73 Å². The predicted molar refractivity (Wildman–Crippen MR) is 84.1 cm³/mol. The summed E-state index contributed by atoms with van der Waals surface area (Å²) < 4.78 is 1.09. The molecule has 4 heteroatoms. The van der Waals surface area contributed by atoms with Crippen molar-refractivity contribution in [2.45, 2.75) is 38.8 Å². The van der Waals surface area contributed by atoms with Crippen molar-refractivity contribution >= 4 is 15.9 Å². The largest absolute Gasteiger partial charge is 0.395 e. The van der Waals surface area contributed by atoms with Crippen molar-refractivity contribution in [3.8, 4) is 0 Å². The molecule has 2 unspecified atom stereocenters. The number of hydrogen-bond donors (Lipinski definition) is 2. The molecule has 0 spiro atoms. The van der Waals surface area contributed by atoms with Crippen LogP contribution in [0, 0.1) is 0 Å². The maximum atomic E-state index is 9.29. The van der Waals surface area contributed by atoms with Gasteiger partial charge >= 0.3 is 0 Å². The second kappa shape index (κ2) is 8.69. The van der Waals surface area contributed by atoms with Crippen molar-refractivity contribution in [1.82, 2.24) is 4.90 Å². The zero-order chi connectivity index (χ0) is 14.3. The highest BCUT2D eigenvalue weighted by molar-refractivity contribution is 9.10. The normalized spacial score (nSPS) is 14.6. The summed E-state index contributed by atoms with van der Waals surface area (Å²) in [7, 11) is 0. The van der Waals surface area contributed by atoms with Crippen LogP contribution in [0.4, 0.5) is 0 Å². The zero-order valence-corrected chi connectivity index (χ0v) is 13.4. The van der Waals surface area contributed by atoms with Gasteiger partial charge in [0, 0.05) is 17.1 Å². The van der Waals surface area contributed by atoms with Gasteiger partial charge < -0.3 is 10.8 Å². The molecule has 0 aliphatic rings. The minimum absolute atomic E-state index is 0.0665. The van der Waals surface area contributed by atoms with E-state index >= 15 is 0 Å². The molecule has 0 fully saturated rings. The maximum Gasteiger partial charge on any atom is 0.0558 e. The van der Waals surface area contributed by atoms with E-state index in [1.807, 2.05) is 18.2 Å². The number of nitrogens with two attached hydrogens (primary N) is 1. The fourth-order valence-electron chi connectivity index (χ4n) is 2.44. The summed E-state index contributed by atoms with van der Waals surface area (Å²) in [5.74, 6) is 0. The summed E-state index contributed by atoms with van der Waals surface area (Å²) in [6.45, 7) is 6.03. The van der Waals surface area contributed by atoms with Gasteiger partial charge in [0.2, 0.25) is 0 Å². The molecule has 0 saturated heterocycles. The number of nitrogens with zero attached hydrogens (tertiary/aromatic N) is 1. The van der Waals surface area contributed by atoms with Crippen LogP contribution in [0.2, 0.25) is 0 Å². The van der Waals surface area contributed by atoms with E-state index in [0.717, 1.165) is 23.9 Å². The molecule has 108 valence electrons. The quantitative estimate of drug-likeness (QED) is 0.771. The maximum absolute atomic E-state index is 9.29. The summed E-state index contributed by atoms with van der Waals surface area (Å²) in [5.41, 5.74) is 7.54. The lowest BCUT2D eigenvalue weighted by atomic mass is 9.96. The van der Waals surface area contributed by atoms with E-state index in [9.17, 15) is 5.11 Å². The van der Waals surface area contributed by atoms with E-state index in [1.54, 1.807) is 0 Å². The highest BCUT2D eigenvalue weighted by atomic mass is 79.9. The lowest BCUT2D eigenvalue weighted by Crippen LogP contribution is -2.42. The molecule has 0 amide bonds. The Morgan fingerprint density at radius 3 is 2.47 bits per heavy atom. The molecule has 1 aromatic carbocycles. The first kappa shape index (κ1) is 16.6. The molecule has 0 aliphatic carbocycles. The van der Waals surface area contributed by atoms with Gasteiger partial charge in [-0.15, -0.1) is 0 Å². The number of rotatable bonds is 8. The van der Waals surface area contributed by atoms with Crippen LogP contribution < -0.4 is 5.73 Å². The molecule has 0 saturated carbocycles. The third-order valence-electron chi connectivity index (χ3n) is 3.39. The van der Waals surface area contributed by atoms with Crippen LogP contribution in [-0.4, -0.2) is 35.7 Å². The average molecular weight is 329 g/mol. The first-order chi connectivity index (χ1) is 9.15. The zero-order valence-electron chi connectivity index (χ0n) is 11.8. The van der Waals surface area contributed by atoms with Crippen LogP contribution in [-0.2, 0) is 0 Å². The second-order valence-electron chi connectivity index (χ2n) is 4.80. The van der Waals surface area contributed by atoms with Crippen molar-refractivity contribution < 1.29 is 5.11 Å². The molecule has 1 rings (SSSR count). The Hall–Kier alpha value is -0.420. The van der Waals surface area contributed by atoms with Gasteiger partial charge in [-0.05, 0) is 31.0 Å². The lowest BCUT2D eigenvalue weighted by molar-refractivity contribution is 0.132. The summed E-state index contributed by atoms with van der Waals surface area (Å²) in [6, 6.07) is 8.43. The van der Waals surface area contributed by atoms with Crippen LogP contribution in [0.1, 0.15) is 38.3 Å². The van der Waals surface area contributed by atoms with E-state index in [2.05, 4.69) is 40.7 Å². The SMILES string of the molecule is CCCN(CCO)C(c1ccccc1Br)C(N)CC. The van der Waals surface area contributed by atoms with Crippen LogP contribution >= 0.6 is 15.9 Å². The molecule has 0 aromatic heterocycles. The molecule has 0 aliphatic heterocycles. The standard InChI is InChI=1S/C15H25BrN2O/c1-3-9-18(10-11-19)15(14(17)4-2)12-7-5-6-8-13(12)16/h5-8,14-15,19H,3-4,9-11,17H2,1-2H3. The highest BCUT2D eigenvalue weighted by Crippen LogP contribution is 2.30. The summed E-state index contributed by atoms with van der Waals surface area (Å²) >= 11 is 3.62. The lowest BCUT2D eigenvalue weighted by Gasteiger charge is -2.35. The fraction of sp³-hybridized carbons (Fsp3) is 0.600. The van der Waals surface area contributed by atoms with Gasteiger partial charge in [-0.3, -0.25) is 4.90 Å². The van der Waals surface area contributed by atoms with Crippen molar-refractivity contribution in [3.05, 3.63) is 34.3 Å². The molecule has 0 heterocycles. The van der Waals surface area contributed by atoms with E-state index in [4.69, 9.17) is 5.73 Å². The Bertz CT molecular complexity index is 367. The molecule has 0 bridgehead atoms. The fourth-order valence-corrected chi connectivity index (χ4v) is 2.96. The average Bonchev–Trinajstić information content (AvgIpc) is 2.41. The minimum Gasteiger partial charge on any atom is -0.395 e. The van der Waals surface area contributed by atoms with Crippen LogP contribution in [0.5, 0.6) is 0 Å². The predicted octanol–water partition coefficient (Wildman–Crippen LogP) is 2.93. The molecule has 0 radical (unpaired) electrons. The van der Waals surface area contributed by atoms with Gasteiger partial charge in [-0.25, -0.2) is 0 Å². The minimum atomic E-state index is 0.0665. The molecule has 1 aromatic rings. The summed E-state index contributed by atoms with van der Waals surface area (Å²) in [4.78, 5) is 2.29. The summed E-state index contributed by atoms with van der Waals surface area (Å²) in [5, 5.41) is 9.29. The second-order valence-corrected chi connectivity index (χ2v) is 5.65. The molecule has 3 N–H and O–H groups in total. The van der Waals surface area contributed by atoms with Crippen LogP contribution in [0.25, 0.3) is 0 Å². The van der Waals surface area contributed by atoms with Gasteiger partial charge in [0.05, 0.1) is 12.6 Å². The number of aliphatic hydroxyl groups is 1. The third-order valence-corrected chi connectivity index (χ3v) is 4.11. The first-order valence-corrected chi connectivity index (χ1v) is 7.79. The van der Waals surface area contributed by atoms with E-state index < -0.39 is 0 Å². The van der Waals surface area contributed by atoms with E-state index in [1.165, 1.54) is 5.56 Å². The van der Waals surface area contributed by atoms with Crippen molar-refractivity contribution in [1.29, 1.82) is 0 Å². The Morgan fingerprint density at radius 1 is 1.26 bits per heavy atom. The number of benzene rings is 1. The number of hydrogen-bond acceptors (Lipinski definition) is 3. The Kier molecular flexibility index (Phi) is 7.61. The van der Waals surface area contributed by atoms with Crippen LogP contribution in [0.3, 0.4) is 0 Å². The van der Waals surface area contributed by atoms with E-state index in [-0.39, 0.29) is 18.7 Å². The number of halogens is 1. The van der Waals surface area contributed by atoms with Gasteiger partial charge in [0.15, 0.2) is 0 Å². The Balaban J connectivity index is 3.08. The molecule has 19 heavy (non-hydrogen) atoms.